The molecule has 20 nitrogen and oxygen atoms in total. The predicted octanol–water partition coefficient (Wildman–Crippen LogP) is 17.5. The summed E-state index contributed by atoms with van der Waals surface area (Å²) in [5.41, 5.74) is 6.06. The summed E-state index contributed by atoms with van der Waals surface area (Å²) in [5, 5.41) is 57.8. The number of furan rings is 2. The fourth-order valence-corrected chi connectivity index (χ4v) is 8.41. The largest absolute Gasteiger partial charge is 0.512 e. The number of hydrogen-bond donors (Lipinski definition) is 6. The Balaban J connectivity index is -0.00000117. The molecule has 7 aromatic carbocycles. The van der Waals surface area contributed by atoms with Crippen LogP contribution in [0.15, 0.2) is 238 Å². The summed E-state index contributed by atoms with van der Waals surface area (Å²) in [5.74, 6) is 1.47. The molecule has 0 amide bonds. The van der Waals surface area contributed by atoms with E-state index in [4.69, 9.17) is 39.5 Å². The topological polar surface area (TPSA) is 327 Å². The molecule has 0 bridgehead atoms. The molecule has 5 aromatic heterocycles. The van der Waals surface area contributed by atoms with Gasteiger partial charge in [0.2, 0.25) is 5.71 Å². The van der Waals surface area contributed by atoms with E-state index in [0.717, 1.165) is 60.3 Å². The first kappa shape index (κ1) is 101. The minimum Gasteiger partial charge on any atom is -0.512 e. The van der Waals surface area contributed by atoms with Crippen LogP contribution in [0.2, 0.25) is 0 Å². The van der Waals surface area contributed by atoms with Gasteiger partial charge in [0.25, 0.3) is 0 Å². The van der Waals surface area contributed by atoms with Crippen LogP contribution in [0, 0.1) is 36.4 Å². The SMILES string of the molecule is CC(=O)C=C(C)O.CC(=O)C=C(C)O.CC(=O)C=C(C)O.CC(=O)C=C(C)O.CC(=O)C=C(C)O.CC(=O)C=C(C)O.[Ir].[Ir].[Ir].[Ir].[Ir].[Ir].[c-]1cc2c([c-]c1-c1ncccn1)ccc1ccccc12.[c-]1ccc[c-]c1-c1ncc2c(n1)oc1ccccc12.[c-]1ccc[c-]c1-c1ncc2oc3ccccc3c2n1. The van der Waals surface area contributed by atoms with E-state index >= 15 is 0 Å². The molecule has 0 fully saturated rings. The second-order valence-electron chi connectivity index (χ2n) is 21.4. The van der Waals surface area contributed by atoms with E-state index in [1.807, 2.05) is 97.1 Å². The van der Waals surface area contributed by atoms with Crippen molar-refractivity contribution < 1.29 is 189 Å². The van der Waals surface area contributed by atoms with Crippen molar-refractivity contribution >= 4 is 100 Å². The molecular formula is C80H74Ir6N6O14-6. The summed E-state index contributed by atoms with van der Waals surface area (Å²) >= 11 is 0. The monoisotopic (exact) mass is 2500 g/mol. The van der Waals surface area contributed by atoms with Crippen molar-refractivity contribution in [1.82, 2.24) is 29.9 Å². The molecule has 0 unspecified atom stereocenters. The predicted molar refractivity (Wildman–Crippen MR) is 387 cm³/mol. The third-order valence-corrected chi connectivity index (χ3v) is 11.9. The van der Waals surface area contributed by atoms with E-state index in [1.54, 1.807) is 30.9 Å². The number of para-hydroxylation sites is 2. The van der Waals surface area contributed by atoms with Crippen molar-refractivity contribution in [2.75, 3.05) is 0 Å². The zero-order valence-corrected chi connectivity index (χ0v) is 73.5. The van der Waals surface area contributed by atoms with Crippen LogP contribution in [0.4, 0.5) is 0 Å². The molecule has 106 heavy (non-hydrogen) atoms. The summed E-state index contributed by atoms with van der Waals surface area (Å²) in [6, 6.07) is 61.9. The van der Waals surface area contributed by atoms with Crippen LogP contribution in [-0.4, -0.2) is 95.2 Å². The molecule has 5 heterocycles. The molecule has 12 rings (SSSR count). The molecule has 12 aromatic rings. The van der Waals surface area contributed by atoms with E-state index in [2.05, 4.69) is 96.6 Å². The number of carbonyl (C=O) groups is 6. The molecular weight excluding hydrogens is 2420 g/mol. The number of rotatable bonds is 9. The number of ketones is 6. The maximum absolute atomic E-state index is 10.0. The van der Waals surface area contributed by atoms with E-state index in [-0.39, 0.29) is 190 Å². The fourth-order valence-electron chi connectivity index (χ4n) is 8.41. The van der Waals surface area contributed by atoms with Gasteiger partial charge >= 0.3 is 0 Å². The summed E-state index contributed by atoms with van der Waals surface area (Å²) in [4.78, 5) is 86.3. The number of benzene rings is 7. The van der Waals surface area contributed by atoms with Gasteiger partial charge in [-0.1, -0.05) is 72.1 Å². The van der Waals surface area contributed by atoms with E-state index < -0.39 is 0 Å². The minimum atomic E-state index is -0.125. The van der Waals surface area contributed by atoms with Crippen molar-refractivity contribution in [3.8, 4) is 34.2 Å². The van der Waals surface area contributed by atoms with Crippen molar-refractivity contribution in [2.24, 2.45) is 0 Å². The normalized spacial score (nSPS) is 10.6. The van der Waals surface area contributed by atoms with Crippen molar-refractivity contribution in [1.29, 1.82) is 0 Å². The molecule has 26 heteroatoms. The number of aliphatic hydroxyl groups excluding tert-OH is 6. The molecule has 568 valence electrons. The Morgan fingerprint density at radius 3 is 1.13 bits per heavy atom. The van der Waals surface area contributed by atoms with Crippen LogP contribution >= 0.6 is 0 Å². The van der Waals surface area contributed by atoms with Gasteiger partial charge in [0.1, 0.15) is 11.2 Å². The molecule has 0 saturated carbocycles. The first-order chi connectivity index (χ1) is 47.5. The first-order valence-electron chi connectivity index (χ1n) is 30.4. The Morgan fingerprint density at radius 2 is 0.717 bits per heavy atom. The molecule has 0 aliphatic heterocycles. The Labute approximate surface area is 695 Å². The summed E-state index contributed by atoms with van der Waals surface area (Å²) < 4.78 is 11.4. The number of nitrogens with zero attached hydrogens (tertiary/aromatic N) is 6. The van der Waals surface area contributed by atoms with E-state index in [1.165, 1.54) is 130 Å². The Kier molecular flexibility index (Phi) is 51.3. The number of fused-ring (bicyclic) bond motifs is 9. The van der Waals surface area contributed by atoms with Crippen molar-refractivity contribution in [3.05, 3.63) is 266 Å². The van der Waals surface area contributed by atoms with Gasteiger partial charge in [-0.05, 0) is 130 Å². The van der Waals surface area contributed by atoms with Gasteiger partial charge in [0.05, 0.1) is 51.7 Å². The van der Waals surface area contributed by atoms with Crippen LogP contribution in [0.5, 0.6) is 0 Å². The fraction of sp³-hybridized carbons (Fsp3) is 0.150. The summed E-state index contributed by atoms with van der Waals surface area (Å²) in [6.45, 7) is 17.1. The summed E-state index contributed by atoms with van der Waals surface area (Å²) in [6.07, 6.45) is 14.0. The average Bonchev–Trinajstić information content (AvgIpc) is 1.50. The molecule has 0 aliphatic carbocycles. The Morgan fingerprint density at radius 1 is 0.340 bits per heavy atom. The van der Waals surface area contributed by atoms with Gasteiger partial charge in [-0.3, -0.25) is 70.1 Å². The van der Waals surface area contributed by atoms with Gasteiger partial charge in [-0.15, -0.1) is 0 Å². The van der Waals surface area contributed by atoms with Gasteiger partial charge in [-0.25, -0.2) is 59.2 Å². The van der Waals surface area contributed by atoms with Gasteiger partial charge < -0.3 is 64.4 Å². The zero-order valence-electron chi connectivity index (χ0n) is 59.1. The standard InChI is InChI=1S/C18H10N2.2C16H8N2O.6C5H8O2.6Ir/c1-2-5-16-13(4-1)6-7-14-12-15(8-9-17(14)16)18-19-10-3-11-20-18;1-2-6-11(7-3-1)15-17-10-13-12-8-4-5-9-14(12)19-16(13)18-15;1-2-6-11(7-3-1)16-17-10-14-15(18-16)12-8-4-5-9-13(12)19-14;6*1-4(6)3-5(2)7;;;;;;/h1-7,9-11H;2*1-5,8-10H;6*3,6H,1-2H3;;;;;;/q3*-2;;;;;;;;;;;;. The molecule has 0 spiro atoms. The van der Waals surface area contributed by atoms with Crippen LogP contribution in [0.1, 0.15) is 83.1 Å². The molecule has 0 atom stereocenters. The number of allylic oxidation sites excluding steroid dienone is 12. The zero-order chi connectivity index (χ0) is 73.8. The second kappa shape index (κ2) is 53.8. The van der Waals surface area contributed by atoms with Crippen LogP contribution in [-0.2, 0) is 149 Å². The maximum atomic E-state index is 10.0. The number of aromatic nitrogens is 6. The molecule has 0 aliphatic rings. The minimum absolute atomic E-state index is 0. The number of hydrogen-bond acceptors (Lipinski definition) is 20. The van der Waals surface area contributed by atoms with E-state index in [9.17, 15) is 28.8 Å². The van der Waals surface area contributed by atoms with Crippen LogP contribution in [0.3, 0.4) is 0 Å². The Bertz CT molecular complexity index is 4720. The van der Waals surface area contributed by atoms with Crippen molar-refractivity contribution in [3.63, 3.8) is 0 Å². The van der Waals surface area contributed by atoms with Crippen LogP contribution < -0.4 is 0 Å². The van der Waals surface area contributed by atoms with Gasteiger partial charge in [0.15, 0.2) is 40.3 Å². The quantitative estimate of drug-likeness (QED) is 0.0338. The van der Waals surface area contributed by atoms with Crippen molar-refractivity contribution in [2.45, 2.75) is 83.1 Å². The smallest absolute Gasteiger partial charge is 0.212 e. The number of carbonyl (C=O) groups excluding carboxylic acids is 6. The summed E-state index contributed by atoms with van der Waals surface area (Å²) in [7, 11) is 0. The number of aliphatic hydroxyl groups is 6. The average molecular weight is 2500 g/mol. The molecule has 6 radical (unpaired) electrons. The van der Waals surface area contributed by atoms with E-state index in [0.29, 0.717) is 28.8 Å². The van der Waals surface area contributed by atoms with Crippen LogP contribution in [0.25, 0.3) is 99.8 Å². The van der Waals surface area contributed by atoms with Gasteiger partial charge in [0, 0.05) is 186 Å². The second-order valence-corrected chi connectivity index (χ2v) is 21.4. The van der Waals surface area contributed by atoms with Gasteiger partial charge in [-0.2, -0.15) is 10.8 Å². The maximum Gasteiger partial charge on any atom is 0.212 e. The molecule has 6 N–H and O–H groups in total. The third kappa shape index (κ3) is 38.4. The first-order valence-corrected chi connectivity index (χ1v) is 30.4. The third-order valence-electron chi connectivity index (χ3n) is 11.9. The Hall–Kier alpha value is -8.94. The molecule has 0 saturated heterocycles.